The van der Waals surface area contributed by atoms with Gasteiger partial charge in [0.2, 0.25) is 0 Å². The molecule has 1 aliphatic heterocycles. The van der Waals surface area contributed by atoms with Crippen molar-refractivity contribution < 1.29 is 28.5 Å². The number of fused-ring (bicyclic) bond motifs is 1. The number of benzene rings is 2. The fourth-order valence-corrected chi connectivity index (χ4v) is 4.17. The number of unbranched alkanes of at least 4 members (excludes halogenated alkanes) is 1. The summed E-state index contributed by atoms with van der Waals surface area (Å²) in [6.45, 7) is 7.08. The van der Waals surface area contributed by atoms with E-state index in [4.69, 9.17) is 18.9 Å². The minimum Gasteiger partial charge on any atom is -0.493 e. The molecule has 1 amide bonds. The molecule has 3 rings (SSSR count). The van der Waals surface area contributed by atoms with Crippen molar-refractivity contribution in [3.63, 3.8) is 0 Å². The van der Waals surface area contributed by atoms with Gasteiger partial charge in [0, 0.05) is 26.6 Å². The lowest BCUT2D eigenvalue weighted by atomic mass is 9.98. The van der Waals surface area contributed by atoms with E-state index in [2.05, 4.69) is 22.3 Å². The standard InChI is InChI=1S/C27H36N2O6/c1-19-7-8-24(35-14-13-34-20(2)30)23(15-19)27(31)28-10-5-6-11-29-12-9-21-16-25(32-3)26(33-4)17-22(21)18-29/h7-8,15-17H,5-6,9-14,18H2,1-4H3,(H,28,31). The average molecular weight is 485 g/mol. The molecule has 0 radical (unpaired) electrons. The highest BCUT2D eigenvalue weighted by atomic mass is 16.6. The van der Waals surface area contributed by atoms with Crippen LogP contribution in [0.25, 0.3) is 0 Å². The number of methoxy groups -OCH3 is 2. The number of nitrogens with one attached hydrogen (secondary N) is 1. The molecule has 2 aromatic rings. The highest BCUT2D eigenvalue weighted by molar-refractivity contribution is 5.97. The second-order valence-electron chi connectivity index (χ2n) is 8.65. The Balaban J connectivity index is 1.43. The van der Waals surface area contributed by atoms with E-state index in [-0.39, 0.29) is 25.1 Å². The Kier molecular flexibility index (Phi) is 9.78. The Bertz CT molecular complexity index is 1020. The lowest BCUT2D eigenvalue weighted by molar-refractivity contribution is -0.141. The molecular weight excluding hydrogens is 448 g/mol. The van der Waals surface area contributed by atoms with Crippen molar-refractivity contribution in [1.82, 2.24) is 10.2 Å². The van der Waals surface area contributed by atoms with Gasteiger partial charge in [0.05, 0.1) is 19.8 Å². The predicted molar refractivity (Wildman–Crippen MR) is 133 cm³/mol. The summed E-state index contributed by atoms with van der Waals surface area (Å²) in [6, 6.07) is 9.64. The second kappa shape index (κ2) is 13.0. The zero-order valence-corrected chi connectivity index (χ0v) is 21.1. The van der Waals surface area contributed by atoms with E-state index in [1.807, 2.05) is 19.1 Å². The van der Waals surface area contributed by atoms with E-state index in [0.717, 1.165) is 56.0 Å². The molecule has 1 heterocycles. The fraction of sp³-hybridized carbons (Fsp3) is 0.481. The van der Waals surface area contributed by atoms with Crippen LogP contribution in [0.2, 0.25) is 0 Å². The van der Waals surface area contributed by atoms with Crippen LogP contribution in [0, 0.1) is 6.92 Å². The van der Waals surface area contributed by atoms with Gasteiger partial charge in [0.25, 0.3) is 5.91 Å². The van der Waals surface area contributed by atoms with Gasteiger partial charge in [0.15, 0.2) is 11.5 Å². The molecule has 0 aliphatic carbocycles. The first kappa shape index (κ1) is 26.3. The van der Waals surface area contributed by atoms with Crippen molar-refractivity contribution in [1.29, 1.82) is 0 Å². The number of nitrogens with zero attached hydrogens (tertiary/aromatic N) is 1. The van der Waals surface area contributed by atoms with Crippen molar-refractivity contribution in [3.05, 3.63) is 52.6 Å². The zero-order valence-electron chi connectivity index (χ0n) is 21.1. The molecule has 8 nitrogen and oxygen atoms in total. The third kappa shape index (κ3) is 7.62. The van der Waals surface area contributed by atoms with Crippen molar-refractivity contribution in [2.75, 3.05) is 47.1 Å². The summed E-state index contributed by atoms with van der Waals surface area (Å²) in [5.41, 5.74) is 4.06. The van der Waals surface area contributed by atoms with E-state index in [9.17, 15) is 9.59 Å². The third-order valence-corrected chi connectivity index (χ3v) is 6.01. The topological polar surface area (TPSA) is 86.3 Å². The van der Waals surface area contributed by atoms with Crippen molar-refractivity contribution >= 4 is 11.9 Å². The number of hydrogen-bond acceptors (Lipinski definition) is 7. The van der Waals surface area contributed by atoms with Gasteiger partial charge in [-0.15, -0.1) is 0 Å². The fourth-order valence-electron chi connectivity index (χ4n) is 4.17. The Hall–Kier alpha value is -3.26. The number of amides is 1. The summed E-state index contributed by atoms with van der Waals surface area (Å²) in [6.07, 6.45) is 2.86. The molecule has 190 valence electrons. The van der Waals surface area contributed by atoms with Gasteiger partial charge >= 0.3 is 5.97 Å². The number of carbonyl (C=O) groups is 2. The molecule has 0 aromatic heterocycles. The van der Waals surface area contributed by atoms with Gasteiger partial charge in [-0.05, 0) is 68.1 Å². The maximum absolute atomic E-state index is 12.8. The SMILES string of the molecule is COc1cc2c(cc1OC)CN(CCCCNC(=O)c1cc(C)ccc1OCCOC(C)=O)CC2. The van der Waals surface area contributed by atoms with E-state index < -0.39 is 0 Å². The summed E-state index contributed by atoms with van der Waals surface area (Å²) < 4.78 is 21.4. The molecule has 0 bridgehead atoms. The molecule has 8 heteroatoms. The average Bonchev–Trinajstić information content (AvgIpc) is 2.85. The van der Waals surface area contributed by atoms with Crippen LogP contribution in [0.15, 0.2) is 30.3 Å². The summed E-state index contributed by atoms with van der Waals surface area (Å²) in [4.78, 5) is 26.1. The van der Waals surface area contributed by atoms with Gasteiger partial charge in [-0.1, -0.05) is 11.6 Å². The third-order valence-electron chi connectivity index (χ3n) is 6.01. The Morgan fingerprint density at radius 1 is 0.971 bits per heavy atom. The van der Waals surface area contributed by atoms with E-state index in [1.165, 1.54) is 18.1 Å². The molecular formula is C27H36N2O6. The maximum Gasteiger partial charge on any atom is 0.302 e. The van der Waals surface area contributed by atoms with E-state index in [0.29, 0.717) is 17.9 Å². The number of hydrogen-bond donors (Lipinski definition) is 1. The van der Waals surface area contributed by atoms with Crippen LogP contribution in [0.3, 0.4) is 0 Å². The number of carbonyl (C=O) groups excluding carboxylic acids is 2. The van der Waals surface area contributed by atoms with Gasteiger partial charge < -0.3 is 24.3 Å². The van der Waals surface area contributed by atoms with E-state index >= 15 is 0 Å². The van der Waals surface area contributed by atoms with Gasteiger partial charge in [0.1, 0.15) is 19.0 Å². The summed E-state index contributed by atoms with van der Waals surface area (Å²) in [5, 5.41) is 3.00. The Labute approximate surface area is 207 Å². The van der Waals surface area contributed by atoms with Gasteiger partial charge in [-0.3, -0.25) is 14.5 Å². The molecule has 0 fully saturated rings. The molecule has 0 spiro atoms. The lowest BCUT2D eigenvalue weighted by Crippen LogP contribution is -2.32. The van der Waals surface area contributed by atoms with Crippen molar-refractivity contribution in [3.8, 4) is 17.2 Å². The lowest BCUT2D eigenvalue weighted by Gasteiger charge is -2.29. The summed E-state index contributed by atoms with van der Waals surface area (Å²) >= 11 is 0. The first-order valence-corrected chi connectivity index (χ1v) is 12.0. The number of ether oxygens (including phenoxy) is 4. The molecule has 0 saturated heterocycles. The Morgan fingerprint density at radius 2 is 1.71 bits per heavy atom. The summed E-state index contributed by atoms with van der Waals surface area (Å²) in [5.74, 6) is 1.51. The molecule has 0 unspecified atom stereocenters. The van der Waals surface area contributed by atoms with Crippen LogP contribution in [-0.2, 0) is 22.5 Å². The molecule has 35 heavy (non-hydrogen) atoms. The van der Waals surface area contributed by atoms with Gasteiger partial charge in [-0.2, -0.15) is 0 Å². The second-order valence-corrected chi connectivity index (χ2v) is 8.65. The van der Waals surface area contributed by atoms with Crippen molar-refractivity contribution in [2.45, 2.75) is 39.7 Å². The molecule has 1 aliphatic rings. The smallest absolute Gasteiger partial charge is 0.302 e. The number of rotatable bonds is 12. The normalized spacial score (nSPS) is 13.0. The maximum atomic E-state index is 12.8. The van der Waals surface area contributed by atoms with Crippen LogP contribution in [0.5, 0.6) is 17.2 Å². The Morgan fingerprint density at radius 3 is 2.43 bits per heavy atom. The first-order valence-electron chi connectivity index (χ1n) is 12.0. The highest BCUT2D eigenvalue weighted by Crippen LogP contribution is 2.33. The minimum atomic E-state index is -0.357. The molecule has 2 aromatic carbocycles. The van der Waals surface area contributed by atoms with Crippen LogP contribution < -0.4 is 19.5 Å². The zero-order chi connectivity index (χ0) is 25.2. The molecule has 1 N–H and O–H groups in total. The quantitative estimate of drug-likeness (QED) is 0.364. The molecule has 0 saturated carbocycles. The van der Waals surface area contributed by atoms with Gasteiger partial charge in [-0.25, -0.2) is 0 Å². The monoisotopic (exact) mass is 484 g/mol. The number of esters is 1. The first-order chi connectivity index (χ1) is 16.9. The largest absolute Gasteiger partial charge is 0.493 e. The van der Waals surface area contributed by atoms with Crippen LogP contribution in [0.4, 0.5) is 0 Å². The highest BCUT2D eigenvalue weighted by Gasteiger charge is 2.19. The molecule has 0 atom stereocenters. The van der Waals surface area contributed by atoms with E-state index in [1.54, 1.807) is 20.3 Å². The van der Waals surface area contributed by atoms with Crippen LogP contribution >= 0.6 is 0 Å². The predicted octanol–water partition coefficient (Wildman–Crippen LogP) is 3.52. The van der Waals surface area contributed by atoms with Crippen molar-refractivity contribution in [2.24, 2.45) is 0 Å². The number of aryl methyl sites for hydroxylation is 1. The summed E-state index contributed by atoms with van der Waals surface area (Å²) in [7, 11) is 3.32. The van der Waals surface area contributed by atoms with Crippen LogP contribution in [0.1, 0.15) is 46.8 Å². The minimum absolute atomic E-state index is 0.144. The van der Waals surface area contributed by atoms with Crippen LogP contribution in [-0.4, -0.2) is 63.8 Å².